The molecule has 1 aliphatic rings. The highest BCUT2D eigenvalue weighted by molar-refractivity contribution is 5.90. The zero-order chi connectivity index (χ0) is 10.8. The Bertz CT molecular complexity index is 484. The predicted molar refractivity (Wildman–Crippen MR) is 39.1 cm³/mol. The second-order valence-electron chi connectivity index (χ2n) is 2.27. The van der Waals surface area contributed by atoms with E-state index in [1.54, 1.807) is 0 Å². The normalized spacial score (nSPS) is 23.8. The molecule has 0 radical (unpaired) electrons. The number of allylic oxidation sites excluding steroid dienone is 1. The lowest BCUT2D eigenvalue weighted by atomic mass is 9.93. The number of rotatable bonds is 1. The van der Waals surface area contributed by atoms with Crippen molar-refractivity contribution in [1.82, 2.24) is 0 Å². The molecule has 0 saturated heterocycles. The minimum Gasteiger partial charge on any atom is -0.478 e. The summed E-state index contributed by atoms with van der Waals surface area (Å²) in [5, 5.41) is 40.7. The fourth-order valence-corrected chi connectivity index (χ4v) is 0.884. The number of hydrogen-bond acceptors (Lipinski definition) is 6. The van der Waals surface area contributed by atoms with E-state index >= 15 is 0 Å². The van der Waals surface area contributed by atoms with Gasteiger partial charge in [0.25, 0.3) is 0 Å². The van der Waals surface area contributed by atoms with Crippen LogP contribution in [0.15, 0.2) is 21.5 Å². The van der Waals surface area contributed by atoms with Gasteiger partial charge >= 0.3 is 11.5 Å². The quantitative estimate of drug-likeness (QED) is 0.621. The summed E-state index contributed by atoms with van der Waals surface area (Å²) >= 11 is 0. The van der Waals surface area contributed by atoms with Crippen LogP contribution in [-0.2, 0) is 4.79 Å². The van der Waals surface area contributed by atoms with Gasteiger partial charge in [-0.25, -0.2) is 4.79 Å². The summed E-state index contributed by atoms with van der Waals surface area (Å²) < 4.78 is 0. The fourth-order valence-electron chi connectivity index (χ4n) is 0.884. The van der Waals surface area contributed by atoms with E-state index in [0.717, 1.165) is 0 Å². The minimum absolute atomic E-state index is 0.434. The molecule has 0 spiro atoms. The van der Waals surface area contributed by atoms with Crippen LogP contribution >= 0.6 is 0 Å². The molecule has 1 rings (SSSR count). The lowest BCUT2D eigenvalue weighted by Gasteiger charge is -2.08. The van der Waals surface area contributed by atoms with Gasteiger partial charge < -0.3 is 5.11 Å². The first-order chi connectivity index (χ1) is 6.62. The van der Waals surface area contributed by atoms with Gasteiger partial charge in [0.2, 0.25) is 0 Å². The Kier molecular flexibility index (Phi) is 1.98. The summed E-state index contributed by atoms with van der Waals surface area (Å²) in [7, 11) is 0. The number of hydrogen-bond donors (Lipinski definition) is 1. The Hall–Kier alpha value is -2.72. The third-order valence-electron chi connectivity index (χ3n) is 1.59. The lowest BCUT2D eigenvalue weighted by molar-refractivity contribution is -0.139. The summed E-state index contributed by atoms with van der Waals surface area (Å²) in [5.41, 5.74) is -3.33. The first-order valence-corrected chi connectivity index (χ1v) is 3.25. The Balaban J connectivity index is 3.48. The number of azo groups is 1. The maximum Gasteiger partial charge on any atom is 0.354 e. The third kappa shape index (κ3) is 0.921. The second-order valence-corrected chi connectivity index (χ2v) is 2.27. The predicted octanol–water partition coefficient (Wildman–Crippen LogP) is 0.100. The molecule has 1 aliphatic heterocycles. The number of aliphatic carboxylic acids is 1. The maximum absolute atomic E-state index is 10.7. The summed E-state index contributed by atoms with van der Waals surface area (Å²) in [5.74, 6) is -1.62. The smallest absolute Gasteiger partial charge is 0.354 e. The highest BCUT2D eigenvalue weighted by Gasteiger charge is 2.49. The van der Waals surface area contributed by atoms with Crippen molar-refractivity contribution in [3.05, 3.63) is 11.3 Å². The fraction of sp³-hybridized carbons (Fsp3) is 0.143. The van der Waals surface area contributed by atoms with E-state index in [4.69, 9.17) is 20.9 Å². The molecule has 7 nitrogen and oxygen atoms in total. The zero-order valence-electron chi connectivity index (χ0n) is 6.59. The molecule has 0 aliphatic carbocycles. The Labute approximate surface area is 77.8 Å². The van der Waals surface area contributed by atoms with Crippen LogP contribution in [0, 0.1) is 34.0 Å². The van der Waals surface area contributed by atoms with Crippen molar-refractivity contribution in [2.75, 3.05) is 0 Å². The monoisotopic (exact) mass is 187 g/mol. The van der Waals surface area contributed by atoms with Crippen LogP contribution in [0.3, 0.4) is 0 Å². The standard InChI is InChI=1S/C7HN5O2/c8-1-4-5(2-9)11-12-7(4,3-10)6(13)14/h(H,13,14). The average Bonchev–Trinajstić information content (AvgIpc) is 2.56. The van der Waals surface area contributed by atoms with Crippen LogP contribution in [0.1, 0.15) is 0 Å². The van der Waals surface area contributed by atoms with E-state index in [2.05, 4.69) is 10.2 Å². The number of carboxylic acids is 1. The molecule has 1 unspecified atom stereocenters. The van der Waals surface area contributed by atoms with Crippen LogP contribution in [0.5, 0.6) is 0 Å². The Morgan fingerprint density at radius 1 is 1.36 bits per heavy atom. The molecule has 1 N–H and O–H groups in total. The van der Waals surface area contributed by atoms with Gasteiger partial charge in [-0.2, -0.15) is 15.8 Å². The number of carboxylic acid groups (broad SMARTS) is 1. The molecule has 0 aromatic rings. The van der Waals surface area contributed by atoms with E-state index in [1.165, 1.54) is 18.2 Å². The molecule has 0 saturated carbocycles. The van der Waals surface area contributed by atoms with Crippen LogP contribution in [-0.4, -0.2) is 16.6 Å². The van der Waals surface area contributed by atoms with Crippen molar-refractivity contribution >= 4 is 5.97 Å². The van der Waals surface area contributed by atoms with Gasteiger partial charge in [-0.15, -0.1) is 10.2 Å². The summed E-state index contributed by atoms with van der Waals surface area (Å²) in [6.45, 7) is 0. The molecule has 0 aromatic carbocycles. The van der Waals surface area contributed by atoms with E-state index in [1.807, 2.05) is 0 Å². The number of nitriles is 3. The van der Waals surface area contributed by atoms with Gasteiger partial charge in [0, 0.05) is 0 Å². The van der Waals surface area contributed by atoms with Crippen molar-refractivity contribution in [1.29, 1.82) is 15.8 Å². The van der Waals surface area contributed by atoms with Crippen LogP contribution in [0.25, 0.3) is 0 Å². The van der Waals surface area contributed by atoms with Crippen molar-refractivity contribution in [2.24, 2.45) is 10.2 Å². The summed E-state index contributed by atoms with van der Waals surface area (Å²) in [6.07, 6.45) is 0. The van der Waals surface area contributed by atoms with E-state index in [9.17, 15) is 4.79 Å². The molecule has 0 bridgehead atoms. The third-order valence-corrected chi connectivity index (χ3v) is 1.59. The molecule has 1 atom stereocenters. The molecule has 7 heteroatoms. The van der Waals surface area contributed by atoms with Gasteiger partial charge in [-0.1, -0.05) is 0 Å². The largest absolute Gasteiger partial charge is 0.478 e. The minimum atomic E-state index is -2.35. The van der Waals surface area contributed by atoms with Crippen molar-refractivity contribution in [2.45, 2.75) is 5.54 Å². The molecule has 66 valence electrons. The average molecular weight is 187 g/mol. The second kappa shape index (κ2) is 2.96. The van der Waals surface area contributed by atoms with Gasteiger partial charge in [0.05, 0.1) is 0 Å². The number of carbonyl (C=O) groups is 1. The van der Waals surface area contributed by atoms with Gasteiger partial charge in [0.15, 0.2) is 5.70 Å². The van der Waals surface area contributed by atoms with Gasteiger partial charge in [0.1, 0.15) is 23.8 Å². The topological polar surface area (TPSA) is 133 Å². The molecule has 14 heavy (non-hydrogen) atoms. The summed E-state index contributed by atoms with van der Waals surface area (Å²) in [4.78, 5) is 10.7. The van der Waals surface area contributed by atoms with E-state index in [-0.39, 0.29) is 0 Å². The molecule has 0 fully saturated rings. The maximum atomic E-state index is 10.7. The van der Waals surface area contributed by atoms with Crippen molar-refractivity contribution in [3.63, 3.8) is 0 Å². The first kappa shape index (κ1) is 9.37. The van der Waals surface area contributed by atoms with Crippen LogP contribution in [0.4, 0.5) is 0 Å². The highest BCUT2D eigenvalue weighted by Crippen LogP contribution is 2.31. The molecule has 0 aromatic heterocycles. The van der Waals surface area contributed by atoms with Crippen LogP contribution < -0.4 is 0 Å². The lowest BCUT2D eigenvalue weighted by Crippen LogP contribution is -2.35. The van der Waals surface area contributed by atoms with Gasteiger partial charge in [-0.05, 0) is 0 Å². The van der Waals surface area contributed by atoms with Gasteiger partial charge in [-0.3, -0.25) is 0 Å². The zero-order valence-corrected chi connectivity index (χ0v) is 6.59. The molecule has 0 amide bonds. The Morgan fingerprint density at radius 3 is 2.36 bits per heavy atom. The first-order valence-electron chi connectivity index (χ1n) is 3.25. The van der Waals surface area contributed by atoms with E-state index < -0.39 is 22.8 Å². The van der Waals surface area contributed by atoms with Crippen molar-refractivity contribution < 1.29 is 9.90 Å². The summed E-state index contributed by atoms with van der Waals surface area (Å²) in [6, 6.07) is 4.30. The van der Waals surface area contributed by atoms with Crippen molar-refractivity contribution in [3.8, 4) is 18.2 Å². The molecular formula is C7HN5O2. The molecule has 1 heterocycles. The van der Waals surface area contributed by atoms with Crippen LogP contribution in [0.2, 0.25) is 0 Å². The molecular weight excluding hydrogens is 186 g/mol. The SMILES string of the molecule is N#CC1=C(C#N)C(C#N)(C(=O)O)N=N1. The van der Waals surface area contributed by atoms with E-state index in [0.29, 0.717) is 0 Å². The highest BCUT2D eigenvalue weighted by atomic mass is 16.4. The Morgan fingerprint density at radius 2 is 2.00 bits per heavy atom. The number of nitrogens with zero attached hydrogens (tertiary/aromatic N) is 5.